The standard InChI is InChI=1S/C12H20ClI/c1-3-5-6-7-12(4-2)14-9-8-11(13)10-14/h8-10,12H,3-7H2,1-2H3. The van der Waals surface area contributed by atoms with Crippen LogP contribution in [0.1, 0.15) is 46.0 Å². The van der Waals surface area contributed by atoms with E-state index in [0.29, 0.717) is 0 Å². The molecule has 0 fully saturated rings. The Morgan fingerprint density at radius 3 is 2.64 bits per heavy atom. The molecule has 0 nitrogen and oxygen atoms in total. The molecular formula is C12H20ClI. The molecular weight excluding hydrogens is 306 g/mol. The van der Waals surface area contributed by atoms with Gasteiger partial charge in [0.05, 0.1) is 0 Å². The molecule has 1 heterocycles. The van der Waals surface area contributed by atoms with Crippen molar-refractivity contribution in [2.45, 2.75) is 49.9 Å². The SMILES string of the molecule is CCCCCC(CC)I1C=CC(Cl)=C1. The fourth-order valence-corrected chi connectivity index (χ4v) is 7.73. The molecule has 0 aromatic heterocycles. The summed E-state index contributed by atoms with van der Waals surface area (Å²) in [6.45, 7) is 4.59. The van der Waals surface area contributed by atoms with E-state index in [0.717, 1.165) is 8.96 Å². The van der Waals surface area contributed by atoms with Crippen LogP contribution in [0.3, 0.4) is 0 Å². The molecule has 14 heavy (non-hydrogen) atoms. The molecule has 0 bridgehead atoms. The van der Waals surface area contributed by atoms with E-state index >= 15 is 0 Å². The third kappa shape index (κ3) is 3.93. The van der Waals surface area contributed by atoms with Crippen LogP contribution in [0.2, 0.25) is 0 Å². The van der Waals surface area contributed by atoms with Gasteiger partial charge in [-0.3, -0.25) is 0 Å². The van der Waals surface area contributed by atoms with Gasteiger partial charge in [-0.25, -0.2) is 0 Å². The Hall–Kier alpha value is 0.500. The van der Waals surface area contributed by atoms with Crippen molar-refractivity contribution in [1.29, 1.82) is 0 Å². The van der Waals surface area contributed by atoms with Gasteiger partial charge in [-0.2, -0.15) is 0 Å². The van der Waals surface area contributed by atoms with Crippen molar-refractivity contribution in [3.63, 3.8) is 0 Å². The minimum absolute atomic E-state index is 0.947. The summed E-state index contributed by atoms with van der Waals surface area (Å²) in [6, 6.07) is 0. The fourth-order valence-electron chi connectivity index (χ4n) is 1.64. The van der Waals surface area contributed by atoms with Crippen LogP contribution in [0.4, 0.5) is 0 Å². The van der Waals surface area contributed by atoms with E-state index < -0.39 is 19.8 Å². The predicted octanol–water partition coefficient (Wildman–Crippen LogP) is 5.46. The van der Waals surface area contributed by atoms with E-state index in [9.17, 15) is 0 Å². The molecule has 1 aliphatic rings. The molecule has 82 valence electrons. The topological polar surface area (TPSA) is 0 Å². The van der Waals surface area contributed by atoms with Crippen molar-refractivity contribution in [3.05, 3.63) is 19.3 Å². The fraction of sp³-hybridized carbons (Fsp3) is 0.667. The summed E-state index contributed by atoms with van der Waals surface area (Å²) < 4.78 is 5.72. The number of hydrogen-bond donors (Lipinski definition) is 0. The predicted molar refractivity (Wildman–Crippen MR) is 75.3 cm³/mol. The van der Waals surface area contributed by atoms with E-state index in [4.69, 9.17) is 11.6 Å². The molecule has 0 aliphatic carbocycles. The first-order valence-corrected chi connectivity index (χ1v) is 9.60. The first-order valence-electron chi connectivity index (χ1n) is 5.49. The Kier molecular flexibility index (Phi) is 6.18. The molecule has 1 aliphatic heterocycles. The maximum atomic E-state index is 5.98. The zero-order chi connectivity index (χ0) is 10.4. The van der Waals surface area contributed by atoms with Crippen molar-refractivity contribution in [2.24, 2.45) is 0 Å². The van der Waals surface area contributed by atoms with Crippen LogP contribution in [0, 0.1) is 0 Å². The molecule has 0 amide bonds. The Morgan fingerprint density at radius 2 is 2.14 bits per heavy atom. The van der Waals surface area contributed by atoms with Crippen LogP contribution in [-0.2, 0) is 0 Å². The van der Waals surface area contributed by atoms with Crippen LogP contribution in [0.5, 0.6) is 0 Å². The molecule has 1 atom stereocenters. The zero-order valence-corrected chi connectivity index (χ0v) is 12.0. The van der Waals surface area contributed by atoms with Crippen LogP contribution in [0.25, 0.3) is 0 Å². The van der Waals surface area contributed by atoms with Crippen molar-refractivity contribution in [1.82, 2.24) is 0 Å². The van der Waals surface area contributed by atoms with Crippen LogP contribution in [-0.4, -0.2) is 3.92 Å². The van der Waals surface area contributed by atoms with Gasteiger partial charge in [-0.05, 0) is 0 Å². The van der Waals surface area contributed by atoms with Gasteiger partial charge in [0.1, 0.15) is 0 Å². The van der Waals surface area contributed by atoms with E-state index in [-0.39, 0.29) is 0 Å². The second kappa shape index (κ2) is 6.89. The average Bonchev–Trinajstić information content (AvgIpc) is 2.60. The van der Waals surface area contributed by atoms with Crippen molar-refractivity contribution >= 4 is 31.4 Å². The first kappa shape index (κ1) is 12.6. The average molecular weight is 327 g/mol. The second-order valence-electron chi connectivity index (χ2n) is 3.67. The maximum absolute atomic E-state index is 5.98. The van der Waals surface area contributed by atoms with Gasteiger partial charge in [0.2, 0.25) is 0 Å². The van der Waals surface area contributed by atoms with Crippen LogP contribution >= 0.6 is 31.4 Å². The summed E-state index contributed by atoms with van der Waals surface area (Å²) >= 11 is 5.04. The molecule has 0 aromatic carbocycles. The van der Waals surface area contributed by atoms with Crippen LogP contribution in [0.15, 0.2) is 19.3 Å². The Bertz CT molecular complexity index is 220. The quantitative estimate of drug-likeness (QED) is 0.345. The van der Waals surface area contributed by atoms with Gasteiger partial charge >= 0.3 is 101 Å². The van der Waals surface area contributed by atoms with Crippen LogP contribution < -0.4 is 0 Å². The van der Waals surface area contributed by atoms with Crippen molar-refractivity contribution in [2.75, 3.05) is 0 Å². The number of halogens is 2. The second-order valence-corrected chi connectivity index (χ2v) is 9.36. The summed E-state index contributed by atoms with van der Waals surface area (Å²) in [7, 11) is 0. The molecule has 2 heteroatoms. The van der Waals surface area contributed by atoms with Gasteiger partial charge in [0.15, 0.2) is 0 Å². The molecule has 0 radical (unpaired) electrons. The minimum atomic E-state index is -0.947. The normalized spacial score (nSPS) is 19.9. The number of hydrogen-bond acceptors (Lipinski definition) is 0. The summed E-state index contributed by atoms with van der Waals surface area (Å²) in [5.74, 6) is 0. The van der Waals surface area contributed by atoms with Crippen molar-refractivity contribution < 1.29 is 0 Å². The summed E-state index contributed by atoms with van der Waals surface area (Å²) in [5.41, 5.74) is 0. The molecule has 1 rings (SSSR count). The molecule has 0 saturated carbocycles. The van der Waals surface area contributed by atoms with E-state index in [1.165, 1.54) is 32.1 Å². The monoisotopic (exact) mass is 326 g/mol. The van der Waals surface area contributed by atoms with Gasteiger partial charge in [-0.15, -0.1) is 0 Å². The Balaban J connectivity index is 2.35. The summed E-state index contributed by atoms with van der Waals surface area (Å²) in [4.78, 5) is 0. The van der Waals surface area contributed by atoms with Gasteiger partial charge in [0.25, 0.3) is 0 Å². The third-order valence-electron chi connectivity index (χ3n) is 2.52. The summed E-state index contributed by atoms with van der Waals surface area (Å²) in [5, 5.41) is 0.990. The van der Waals surface area contributed by atoms with E-state index in [1.54, 1.807) is 0 Å². The molecule has 1 unspecified atom stereocenters. The molecule has 0 saturated heterocycles. The van der Waals surface area contributed by atoms with Gasteiger partial charge < -0.3 is 0 Å². The van der Waals surface area contributed by atoms with E-state index in [2.05, 4.69) is 28.1 Å². The summed E-state index contributed by atoms with van der Waals surface area (Å²) in [6.07, 6.45) is 8.98. The molecule has 0 N–H and O–H groups in total. The van der Waals surface area contributed by atoms with Gasteiger partial charge in [0, 0.05) is 0 Å². The number of rotatable bonds is 6. The molecule has 0 aromatic rings. The van der Waals surface area contributed by atoms with E-state index in [1.807, 2.05) is 0 Å². The number of allylic oxidation sites excluding steroid dienone is 2. The molecule has 0 spiro atoms. The Morgan fingerprint density at radius 1 is 1.36 bits per heavy atom. The van der Waals surface area contributed by atoms with Crippen molar-refractivity contribution in [3.8, 4) is 0 Å². The first-order chi connectivity index (χ1) is 6.77. The van der Waals surface area contributed by atoms with Gasteiger partial charge in [-0.1, -0.05) is 0 Å². The number of alkyl halides is 1. The zero-order valence-electron chi connectivity index (χ0n) is 9.10. The number of unbranched alkanes of at least 4 members (excludes halogenated alkanes) is 2. The Labute approximate surface area is 100 Å². The third-order valence-corrected chi connectivity index (χ3v) is 9.24.